The summed E-state index contributed by atoms with van der Waals surface area (Å²) in [5.74, 6) is -0.308. The molecule has 1 aromatic carbocycles. The standard InChI is InChI=1S/C16H13BN2O5/c1-9-5-11(23-14-6-10(18-2)3-4-19-14)7-12-16(9)13(8-15(20)21)24-17(12)22/h3-7,13,22H,8H2,1H3,(H,20,21). The van der Waals surface area contributed by atoms with Crippen molar-refractivity contribution < 1.29 is 24.3 Å². The molecule has 1 aliphatic heterocycles. The normalized spacial score (nSPS) is 15.7. The molecular formula is C16H13BN2O5. The van der Waals surface area contributed by atoms with E-state index in [0.717, 1.165) is 5.56 Å². The minimum atomic E-state index is -1.20. The Hall–Kier alpha value is -2.89. The maximum atomic E-state index is 10.9. The summed E-state index contributed by atoms with van der Waals surface area (Å²) in [4.78, 5) is 18.3. The highest BCUT2D eigenvalue weighted by Gasteiger charge is 2.37. The Kier molecular flexibility index (Phi) is 4.21. The highest BCUT2D eigenvalue weighted by Crippen LogP contribution is 2.33. The maximum absolute atomic E-state index is 10.9. The van der Waals surface area contributed by atoms with Gasteiger partial charge in [-0.25, -0.2) is 9.83 Å². The van der Waals surface area contributed by atoms with Gasteiger partial charge in [-0.05, 0) is 41.7 Å². The molecule has 0 amide bonds. The molecule has 120 valence electrons. The number of pyridine rings is 1. The van der Waals surface area contributed by atoms with Crippen LogP contribution in [0.4, 0.5) is 5.69 Å². The van der Waals surface area contributed by atoms with Gasteiger partial charge in [0.15, 0.2) is 5.69 Å². The number of benzene rings is 1. The summed E-state index contributed by atoms with van der Waals surface area (Å²) in [7, 11) is -1.20. The average molecular weight is 324 g/mol. The Balaban J connectivity index is 1.93. The third kappa shape index (κ3) is 3.08. The van der Waals surface area contributed by atoms with Crippen molar-refractivity contribution in [2.45, 2.75) is 19.4 Å². The van der Waals surface area contributed by atoms with E-state index in [0.29, 0.717) is 22.5 Å². The van der Waals surface area contributed by atoms with E-state index in [1.165, 1.54) is 12.3 Å². The fourth-order valence-corrected chi connectivity index (χ4v) is 2.75. The molecule has 0 fully saturated rings. The molecule has 3 rings (SSSR count). The van der Waals surface area contributed by atoms with E-state index < -0.39 is 19.2 Å². The van der Waals surface area contributed by atoms with Gasteiger partial charge < -0.3 is 19.5 Å². The van der Waals surface area contributed by atoms with E-state index >= 15 is 0 Å². The van der Waals surface area contributed by atoms with Crippen molar-refractivity contribution in [3.05, 3.63) is 53.0 Å². The summed E-state index contributed by atoms with van der Waals surface area (Å²) in [5, 5.41) is 19.0. The first-order chi connectivity index (χ1) is 11.5. The molecule has 7 nitrogen and oxygen atoms in total. The molecule has 0 saturated carbocycles. The lowest BCUT2D eigenvalue weighted by Gasteiger charge is -2.13. The SMILES string of the molecule is [C-]#[N+]c1ccnc(Oc2cc(C)c3c(c2)B(O)OC3CC(=O)O)c1. The highest BCUT2D eigenvalue weighted by atomic mass is 16.5. The molecule has 2 aromatic rings. The second kappa shape index (κ2) is 6.32. The van der Waals surface area contributed by atoms with Crippen LogP contribution < -0.4 is 10.2 Å². The van der Waals surface area contributed by atoms with E-state index in [9.17, 15) is 9.82 Å². The van der Waals surface area contributed by atoms with Crippen LogP contribution in [-0.2, 0) is 9.45 Å². The molecule has 1 atom stereocenters. The van der Waals surface area contributed by atoms with Gasteiger partial charge >= 0.3 is 13.1 Å². The summed E-state index contributed by atoms with van der Waals surface area (Å²) in [6.07, 6.45) is 0.564. The van der Waals surface area contributed by atoms with Crippen molar-refractivity contribution >= 4 is 24.2 Å². The molecule has 0 spiro atoms. The van der Waals surface area contributed by atoms with E-state index in [1.54, 1.807) is 25.1 Å². The van der Waals surface area contributed by atoms with Crippen molar-refractivity contribution in [2.24, 2.45) is 0 Å². The molecule has 1 aromatic heterocycles. The summed E-state index contributed by atoms with van der Waals surface area (Å²) < 4.78 is 11.0. The molecule has 24 heavy (non-hydrogen) atoms. The number of hydrogen-bond donors (Lipinski definition) is 2. The van der Waals surface area contributed by atoms with Crippen molar-refractivity contribution in [2.75, 3.05) is 0 Å². The molecule has 2 heterocycles. The number of aliphatic carboxylic acids is 1. The number of aromatic nitrogens is 1. The number of carboxylic acid groups (broad SMARTS) is 1. The average Bonchev–Trinajstić information content (AvgIpc) is 2.83. The Morgan fingerprint density at radius 2 is 2.29 bits per heavy atom. The van der Waals surface area contributed by atoms with E-state index in [1.807, 2.05) is 0 Å². The fourth-order valence-electron chi connectivity index (χ4n) is 2.75. The van der Waals surface area contributed by atoms with Gasteiger partial charge in [-0.2, -0.15) is 0 Å². The maximum Gasteiger partial charge on any atom is 0.492 e. The van der Waals surface area contributed by atoms with Crippen LogP contribution in [0.25, 0.3) is 4.85 Å². The summed E-state index contributed by atoms with van der Waals surface area (Å²) >= 11 is 0. The van der Waals surface area contributed by atoms with Crippen LogP contribution in [-0.4, -0.2) is 28.2 Å². The van der Waals surface area contributed by atoms with Gasteiger partial charge in [-0.1, -0.05) is 0 Å². The molecule has 8 heteroatoms. The first-order valence-corrected chi connectivity index (χ1v) is 7.19. The number of carbonyl (C=O) groups is 1. The zero-order chi connectivity index (χ0) is 17.3. The molecule has 0 saturated heterocycles. The fraction of sp³-hybridized carbons (Fsp3) is 0.188. The molecule has 1 unspecified atom stereocenters. The van der Waals surface area contributed by atoms with Crippen molar-refractivity contribution in [1.29, 1.82) is 0 Å². The van der Waals surface area contributed by atoms with Crippen LogP contribution in [0.2, 0.25) is 0 Å². The van der Waals surface area contributed by atoms with Gasteiger partial charge in [0.05, 0.1) is 19.1 Å². The van der Waals surface area contributed by atoms with Crippen molar-refractivity contribution in [3.8, 4) is 11.6 Å². The summed E-state index contributed by atoms with van der Waals surface area (Å²) in [6.45, 7) is 8.80. The largest absolute Gasteiger partial charge is 0.492 e. The number of fused-ring (bicyclic) bond motifs is 1. The molecule has 2 N–H and O–H groups in total. The number of aryl methyl sites for hydroxylation is 1. The molecule has 1 aliphatic rings. The minimum absolute atomic E-state index is 0.223. The minimum Gasteiger partial charge on any atom is -0.481 e. The monoisotopic (exact) mass is 324 g/mol. The number of hydrogen-bond acceptors (Lipinski definition) is 5. The molecule has 0 aliphatic carbocycles. The Morgan fingerprint density at radius 1 is 1.50 bits per heavy atom. The quantitative estimate of drug-likeness (QED) is 0.660. The van der Waals surface area contributed by atoms with E-state index in [4.69, 9.17) is 21.1 Å². The van der Waals surface area contributed by atoms with Crippen LogP contribution in [0.5, 0.6) is 11.6 Å². The van der Waals surface area contributed by atoms with Crippen LogP contribution >= 0.6 is 0 Å². The molecular weight excluding hydrogens is 311 g/mol. The Labute approximate surface area is 138 Å². The summed E-state index contributed by atoms with van der Waals surface area (Å²) in [6, 6.07) is 6.40. The van der Waals surface area contributed by atoms with Crippen LogP contribution in [0, 0.1) is 13.5 Å². The second-order valence-corrected chi connectivity index (χ2v) is 5.38. The highest BCUT2D eigenvalue weighted by molar-refractivity contribution is 6.62. The third-order valence-electron chi connectivity index (χ3n) is 3.70. The zero-order valence-electron chi connectivity index (χ0n) is 12.8. The van der Waals surface area contributed by atoms with Gasteiger partial charge in [0.1, 0.15) is 5.75 Å². The topological polar surface area (TPSA) is 93.2 Å². The zero-order valence-corrected chi connectivity index (χ0v) is 12.8. The Morgan fingerprint density at radius 3 is 3.00 bits per heavy atom. The van der Waals surface area contributed by atoms with E-state index in [2.05, 4.69) is 9.83 Å². The predicted molar refractivity (Wildman–Crippen MR) is 85.4 cm³/mol. The smallest absolute Gasteiger partial charge is 0.481 e. The van der Waals surface area contributed by atoms with Crippen LogP contribution in [0.15, 0.2) is 30.5 Å². The van der Waals surface area contributed by atoms with Gasteiger partial charge in [-0.3, -0.25) is 4.79 Å². The molecule has 0 bridgehead atoms. The lowest BCUT2D eigenvalue weighted by molar-refractivity contribution is -0.138. The van der Waals surface area contributed by atoms with Gasteiger partial charge in [-0.15, -0.1) is 0 Å². The summed E-state index contributed by atoms with van der Waals surface area (Å²) in [5.41, 5.74) is 2.31. The lowest BCUT2D eigenvalue weighted by atomic mass is 9.77. The number of rotatable bonds is 4. The van der Waals surface area contributed by atoms with Crippen LogP contribution in [0.1, 0.15) is 23.7 Å². The van der Waals surface area contributed by atoms with Crippen molar-refractivity contribution in [1.82, 2.24) is 4.98 Å². The third-order valence-corrected chi connectivity index (χ3v) is 3.70. The lowest BCUT2D eigenvalue weighted by Crippen LogP contribution is -2.28. The van der Waals surface area contributed by atoms with E-state index in [-0.39, 0.29) is 12.3 Å². The Bertz CT molecular complexity index is 849. The first kappa shape index (κ1) is 16.0. The number of carboxylic acids is 1. The van der Waals surface area contributed by atoms with Gasteiger partial charge in [0, 0.05) is 12.3 Å². The number of ether oxygens (including phenoxy) is 1. The second-order valence-electron chi connectivity index (χ2n) is 5.38. The van der Waals surface area contributed by atoms with Crippen LogP contribution in [0.3, 0.4) is 0 Å². The van der Waals surface area contributed by atoms with Gasteiger partial charge in [0.2, 0.25) is 5.88 Å². The predicted octanol–water partition coefficient (Wildman–Crippen LogP) is 1.97. The van der Waals surface area contributed by atoms with Gasteiger partial charge in [0.25, 0.3) is 0 Å². The molecule has 0 radical (unpaired) electrons. The van der Waals surface area contributed by atoms with Crippen molar-refractivity contribution in [3.63, 3.8) is 0 Å². The first-order valence-electron chi connectivity index (χ1n) is 7.19. The number of nitrogens with zero attached hydrogens (tertiary/aromatic N) is 2.